The number of fused-ring (bicyclic) bond motifs is 1. The number of alkyl halides is 3. The van der Waals surface area contributed by atoms with E-state index in [9.17, 15) is 22.8 Å². The van der Waals surface area contributed by atoms with Gasteiger partial charge in [-0.05, 0) is 12.1 Å². The minimum atomic E-state index is -4.65. The predicted octanol–water partition coefficient (Wildman–Crippen LogP) is 1.45. The number of nitrogens with one attached hydrogen (secondary N) is 2. The Morgan fingerprint density at radius 3 is 2.72 bits per heavy atom. The zero-order chi connectivity index (χ0) is 18.0. The molecule has 0 aliphatic rings. The molecule has 130 valence electrons. The number of halogens is 3. The summed E-state index contributed by atoms with van der Waals surface area (Å²) < 4.78 is 38.8. The maximum Gasteiger partial charge on any atom is 0.453 e. The largest absolute Gasteiger partial charge is 0.453 e. The lowest BCUT2D eigenvalue weighted by Crippen LogP contribution is -2.28. The Kier molecular flexibility index (Phi) is 4.26. The number of para-hydroxylation sites is 1. The summed E-state index contributed by atoms with van der Waals surface area (Å²) in [4.78, 5) is 27.1. The van der Waals surface area contributed by atoms with Gasteiger partial charge in [-0.1, -0.05) is 12.1 Å². The normalized spacial score (nSPS) is 11.6. The van der Waals surface area contributed by atoms with Crippen LogP contribution in [0.15, 0.2) is 41.3 Å². The zero-order valence-corrected chi connectivity index (χ0v) is 12.7. The van der Waals surface area contributed by atoms with Gasteiger partial charge in [0.05, 0.1) is 12.1 Å². The number of nitrogens with zero attached hydrogens (tertiary/aromatic N) is 3. The maximum absolute atomic E-state index is 12.4. The number of hydrogen-bond donors (Lipinski definition) is 2. The van der Waals surface area contributed by atoms with E-state index in [-0.39, 0.29) is 24.3 Å². The third-order valence-electron chi connectivity index (χ3n) is 3.44. The van der Waals surface area contributed by atoms with E-state index in [4.69, 9.17) is 0 Å². The lowest BCUT2D eigenvalue weighted by atomic mass is 10.2. The van der Waals surface area contributed by atoms with Crippen LogP contribution in [-0.4, -0.2) is 25.7 Å². The van der Waals surface area contributed by atoms with E-state index < -0.39 is 17.9 Å². The number of carbonyl (C=O) groups excluding carboxylic acids is 1. The summed E-state index contributed by atoms with van der Waals surface area (Å²) in [5.41, 5.74) is 0.428. The molecule has 1 aromatic carbocycles. The molecule has 10 heteroatoms. The minimum Gasteiger partial charge on any atom is -0.347 e. The first-order valence-corrected chi connectivity index (χ1v) is 7.18. The van der Waals surface area contributed by atoms with Gasteiger partial charge in [0.25, 0.3) is 5.82 Å². The molecule has 0 unspecified atom stereocenters. The molecule has 25 heavy (non-hydrogen) atoms. The number of aromatic nitrogens is 4. The topological polar surface area (TPSA) is 92.7 Å². The van der Waals surface area contributed by atoms with E-state index >= 15 is 0 Å². The van der Waals surface area contributed by atoms with Gasteiger partial charge in [-0.3, -0.25) is 14.7 Å². The lowest BCUT2D eigenvalue weighted by Gasteiger charge is -2.10. The van der Waals surface area contributed by atoms with Crippen molar-refractivity contribution in [1.29, 1.82) is 0 Å². The average molecular weight is 351 g/mol. The van der Waals surface area contributed by atoms with Crippen molar-refractivity contribution in [1.82, 2.24) is 25.1 Å². The van der Waals surface area contributed by atoms with Crippen LogP contribution in [-0.2, 0) is 24.1 Å². The molecular weight excluding hydrogens is 339 g/mol. The molecule has 0 atom stereocenters. The summed E-state index contributed by atoms with van der Waals surface area (Å²) in [5, 5.41) is 8.10. The maximum atomic E-state index is 12.4. The number of hydrogen-bond acceptors (Lipinski definition) is 4. The molecule has 0 fully saturated rings. The van der Waals surface area contributed by atoms with Gasteiger partial charge in [0, 0.05) is 17.6 Å². The van der Waals surface area contributed by atoms with Gasteiger partial charge in [-0.2, -0.15) is 13.2 Å². The van der Waals surface area contributed by atoms with Crippen molar-refractivity contribution >= 4 is 16.8 Å². The SMILES string of the molecule is O=C(Cn1ccc(=O)c2ccccc21)NCc1nc(C(F)(F)F)n[nH]1. The Hall–Kier alpha value is -3.17. The fraction of sp³-hybridized carbons (Fsp3) is 0.200. The first-order valence-electron chi connectivity index (χ1n) is 7.18. The highest BCUT2D eigenvalue weighted by atomic mass is 19.4. The summed E-state index contributed by atoms with van der Waals surface area (Å²) in [5.74, 6) is -1.84. The Morgan fingerprint density at radius 2 is 2.00 bits per heavy atom. The van der Waals surface area contributed by atoms with Crippen LogP contribution < -0.4 is 10.7 Å². The summed E-state index contributed by atoms with van der Waals surface area (Å²) in [6.45, 7) is -0.318. The average Bonchev–Trinajstić information content (AvgIpc) is 3.05. The Balaban J connectivity index is 1.68. The van der Waals surface area contributed by atoms with Crippen molar-refractivity contribution in [2.24, 2.45) is 0 Å². The number of H-pyrrole nitrogens is 1. The second kappa shape index (κ2) is 6.38. The number of amides is 1. The van der Waals surface area contributed by atoms with E-state index in [1.54, 1.807) is 28.8 Å². The van der Waals surface area contributed by atoms with E-state index in [0.29, 0.717) is 10.9 Å². The Bertz CT molecular complexity index is 977. The number of pyridine rings is 1. The highest BCUT2D eigenvalue weighted by Crippen LogP contribution is 2.25. The van der Waals surface area contributed by atoms with Crippen LogP contribution in [0.1, 0.15) is 11.6 Å². The Labute approximate surface area is 138 Å². The van der Waals surface area contributed by atoms with Gasteiger partial charge in [-0.25, -0.2) is 4.98 Å². The van der Waals surface area contributed by atoms with Crippen LogP contribution in [0.3, 0.4) is 0 Å². The fourth-order valence-electron chi connectivity index (χ4n) is 2.29. The molecule has 2 heterocycles. The molecule has 7 nitrogen and oxygen atoms in total. The zero-order valence-electron chi connectivity index (χ0n) is 12.7. The highest BCUT2D eigenvalue weighted by molar-refractivity contribution is 5.82. The molecule has 3 rings (SSSR count). The molecule has 1 amide bonds. The van der Waals surface area contributed by atoms with Crippen molar-refractivity contribution in [2.75, 3.05) is 0 Å². The van der Waals surface area contributed by atoms with Gasteiger partial charge in [0.2, 0.25) is 5.91 Å². The summed E-state index contributed by atoms with van der Waals surface area (Å²) >= 11 is 0. The third-order valence-corrected chi connectivity index (χ3v) is 3.44. The van der Waals surface area contributed by atoms with Crippen LogP contribution in [0, 0.1) is 0 Å². The molecule has 0 spiro atoms. The summed E-state index contributed by atoms with van der Waals surface area (Å²) in [6.07, 6.45) is -3.16. The molecule has 2 aromatic heterocycles. The highest BCUT2D eigenvalue weighted by Gasteiger charge is 2.35. The van der Waals surface area contributed by atoms with E-state index in [1.807, 2.05) is 0 Å². The van der Waals surface area contributed by atoms with Crippen LogP contribution in [0.4, 0.5) is 13.2 Å². The van der Waals surface area contributed by atoms with Gasteiger partial charge in [0.1, 0.15) is 12.4 Å². The summed E-state index contributed by atoms with van der Waals surface area (Å²) in [7, 11) is 0. The van der Waals surface area contributed by atoms with Crippen molar-refractivity contribution < 1.29 is 18.0 Å². The number of aromatic amines is 1. The molecule has 0 saturated carbocycles. The molecule has 0 saturated heterocycles. The van der Waals surface area contributed by atoms with Crippen LogP contribution in [0.2, 0.25) is 0 Å². The molecular formula is C15H12F3N5O2. The molecule has 3 aromatic rings. The van der Waals surface area contributed by atoms with E-state index in [0.717, 1.165) is 0 Å². The number of rotatable bonds is 4. The van der Waals surface area contributed by atoms with Crippen molar-refractivity contribution in [3.8, 4) is 0 Å². The molecule has 0 aliphatic heterocycles. The lowest BCUT2D eigenvalue weighted by molar-refractivity contribution is -0.144. The van der Waals surface area contributed by atoms with Gasteiger partial charge < -0.3 is 9.88 Å². The van der Waals surface area contributed by atoms with Crippen molar-refractivity contribution in [3.05, 3.63) is 58.4 Å². The van der Waals surface area contributed by atoms with Crippen LogP contribution in [0.25, 0.3) is 10.9 Å². The quantitative estimate of drug-likeness (QED) is 0.744. The van der Waals surface area contributed by atoms with Gasteiger partial charge in [-0.15, -0.1) is 5.10 Å². The van der Waals surface area contributed by atoms with Crippen molar-refractivity contribution in [3.63, 3.8) is 0 Å². The van der Waals surface area contributed by atoms with Crippen LogP contribution in [0.5, 0.6) is 0 Å². The number of benzene rings is 1. The minimum absolute atomic E-state index is 0.0962. The first-order chi connectivity index (χ1) is 11.8. The predicted molar refractivity (Wildman–Crippen MR) is 81.4 cm³/mol. The van der Waals surface area contributed by atoms with E-state index in [2.05, 4.69) is 20.5 Å². The standard InChI is InChI=1S/C15H12F3N5O2/c16-15(17,18)14-20-12(21-22-14)7-19-13(25)8-23-6-5-11(24)9-3-1-2-4-10(9)23/h1-6H,7-8H2,(H,19,25)(H,20,21,22). The fourth-order valence-corrected chi connectivity index (χ4v) is 2.29. The number of carbonyl (C=O) groups is 1. The second-order valence-corrected chi connectivity index (χ2v) is 5.21. The monoisotopic (exact) mass is 351 g/mol. The Morgan fingerprint density at radius 1 is 1.24 bits per heavy atom. The van der Waals surface area contributed by atoms with Gasteiger partial charge >= 0.3 is 6.18 Å². The van der Waals surface area contributed by atoms with E-state index in [1.165, 1.54) is 12.3 Å². The first kappa shape index (κ1) is 16.7. The van der Waals surface area contributed by atoms with Crippen LogP contribution >= 0.6 is 0 Å². The molecule has 2 N–H and O–H groups in total. The molecule has 0 radical (unpaired) electrons. The second-order valence-electron chi connectivity index (χ2n) is 5.21. The van der Waals surface area contributed by atoms with Crippen molar-refractivity contribution in [2.45, 2.75) is 19.3 Å². The summed E-state index contributed by atoms with van der Waals surface area (Å²) in [6, 6.07) is 8.16. The molecule has 0 bridgehead atoms. The smallest absolute Gasteiger partial charge is 0.347 e. The molecule has 0 aliphatic carbocycles. The third kappa shape index (κ3) is 3.67. The van der Waals surface area contributed by atoms with Gasteiger partial charge in [0.15, 0.2) is 5.43 Å².